The second-order valence-electron chi connectivity index (χ2n) is 4.39. The van der Waals surface area contributed by atoms with Crippen molar-refractivity contribution in [2.75, 3.05) is 25.0 Å². The highest BCUT2D eigenvalue weighted by molar-refractivity contribution is 5.92. The maximum absolute atomic E-state index is 11.8. The van der Waals surface area contributed by atoms with Crippen molar-refractivity contribution in [2.45, 2.75) is 27.7 Å². The molecule has 0 aromatic heterocycles. The van der Waals surface area contributed by atoms with Gasteiger partial charge in [-0.05, 0) is 50.2 Å². The van der Waals surface area contributed by atoms with Gasteiger partial charge in [0.15, 0.2) is 0 Å². The summed E-state index contributed by atoms with van der Waals surface area (Å²) in [5.74, 6) is 0.0544. The second kappa shape index (κ2) is 8.11. The molecule has 3 nitrogen and oxygen atoms in total. The predicted octanol–water partition coefficient (Wildman–Crippen LogP) is 3.01. The van der Waals surface area contributed by atoms with Crippen LogP contribution in [0.4, 0.5) is 5.69 Å². The van der Waals surface area contributed by atoms with Gasteiger partial charge in [-0.15, -0.1) is 12.4 Å². The summed E-state index contributed by atoms with van der Waals surface area (Å²) in [6.45, 7) is 10.5. The zero-order chi connectivity index (χ0) is 12.8. The first-order chi connectivity index (χ1) is 8.05. The lowest BCUT2D eigenvalue weighted by Gasteiger charge is -2.17. The number of amides is 1. The zero-order valence-electron chi connectivity index (χ0n) is 11.6. The van der Waals surface area contributed by atoms with Crippen LogP contribution in [0.1, 0.15) is 25.0 Å². The molecule has 0 aliphatic carbocycles. The standard InChI is InChI=1S/C14H22N2O.ClH/c1-5-16(6-2)10-14(17)15-13-8-11(3)7-12(4)9-13;/h7-9H,5-6,10H2,1-4H3,(H,15,17);1H. The summed E-state index contributed by atoms with van der Waals surface area (Å²) >= 11 is 0. The summed E-state index contributed by atoms with van der Waals surface area (Å²) < 4.78 is 0. The fourth-order valence-corrected chi connectivity index (χ4v) is 1.90. The molecule has 0 heterocycles. The van der Waals surface area contributed by atoms with Crippen LogP contribution in [0.2, 0.25) is 0 Å². The number of nitrogens with zero attached hydrogens (tertiary/aromatic N) is 1. The number of nitrogens with one attached hydrogen (secondary N) is 1. The molecule has 0 aliphatic heterocycles. The number of halogens is 1. The molecule has 0 unspecified atom stereocenters. The highest BCUT2D eigenvalue weighted by atomic mass is 35.5. The van der Waals surface area contributed by atoms with E-state index in [-0.39, 0.29) is 18.3 Å². The van der Waals surface area contributed by atoms with Crippen LogP contribution in [0.3, 0.4) is 0 Å². The highest BCUT2D eigenvalue weighted by Crippen LogP contribution is 2.13. The SMILES string of the molecule is CCN(CC)CC(=O)Nc1cc(C)cc(C)c1.Cl. The first kappa shape index (κ1) is 16.9. The zero-order valence-corrected chi connectivity index (χ0v) is 12.4. The summed E-state index contributed by atoms with van der Waals surface area (Å²) in [6, 6.07) is 6.08. The summed E-state index contributed by atoms with van der Waals surface area (Å²) in [4.78, 5) is 13.9. The van der Waals surface area contributed by atoms with Gasteiger partial charge in [0, 0.05) is 5.69 Å². The molecular formula is C14H23ClN2O. The smallest absolute Gasteiger partial charge is 0.238 e. The Bertz CT molecular complexity index is 369. The van der Waals surface area contributed by atoms with Crippen LogP contribution >= 0.6 is 12.4 Å². The van der Waals surface area contributed by atoms with Gasteiger partial charge in [0.25, 0.3) is 0 Å². The number of aryl methyl sites for hydroxylation is 2. The van der Waals surface area contributed by atoms with Crippen molar-refractivity contribution in [1.82, 2.24) is 4.90 Å². The molecule has 18 heavy (non-hydrogen) atoms. The number of anilines is 1. The maximum Gasteiger partial charge on any atom is 0.238 e. The fourth-order valence-electron chi connectivity index (χ4n) is 1.90. The molecule has 1 aromatic carbocycles. The minimum absolute atomic E-state index is 0. The second-order valence-corrected chi connectivity index (χ2v) is 4.39. The van der Waals surface area contributed by atoms with E-state index in [1.165, 1.54) is 11.1 Å². The molecule has 1 amide bonds. The number of rotatable bonds is 5. The largest absolute Gasteiger partial charge is 0.325 e. The average molecular weight is 271 g/mol. The number of carbonyl (C=O) groups excluding carboxylic acids is 1. The number of hydrogen-bond donors (Lipinski definition) is 1. The van der Waals surface area contributed by atoms with Crippen LogP contribution in [0.25, 0.3) is 0 Å². The van der Waals surface area contributed by atoms with E-state index in [0.29, 0.717) is 6.54 Å². The van der Waals surface area contributed by atoms with E-state index in [2.05, 4.69) is 30.1 Å². The van der Waals surface area contributed by atoms with Gasteiger partial charge in [-0.25, -0.2) is 0 Å². The molecule has 102 valence electrons. The molecule has 0 spiro atoms. The van der Waals surface area contributed by atoms with Gasteiger partial charge in [0.1, 0.15) is 0 Å². The third kappa shape index (κ3) is 5.52. The first-order valence-corrected chi connectivity index (χ1v) is 6.15. The number of hydrogen-bond acceptors (Lipinski definition) is 2. The monoisotopic (exact) mass is 270 g/mol. The maximum atomic E-state index is 11.8. The topological polar surface area (TPSA) is 32.3 Å². The van der Waals surface area contributed by atoms with Gasteiger partial charge in [-0.1, -0.05) is 19.9 Å². The minimum Gasteiger partial charge on any atom is -0.325 e. The molecular weight excluding hydrogens is 248 g/mol. The van der Waals surface area contributed by atoms with Crippen molar-refractivity contribution >= 4 is 24.0 Å². The lowest BCUT2D eigenvalue weighted by atomic mass is 10.1. The van der Waals surface area contributed by atoms with E-state index in [0.717, 1.165) is 18.8 Å². The first-order valence-electron chi connectivity index (χ1n) is 6.15. The van der Waals surface area contributed by atoms with E-state index in [4.69, 9.17) is 0 Å². The van der Waals surface area contributed by atoms with Crippen LogP contribution in [0.5, 0.6) is 0 Å². The molecule has 0 saturated carbocycles. The van der Waals surface area contributed by atoms with Crippen molar-refractivity contribution in [2.24, 2.45) is 0 Å². The summed E-state index contributed by atoms with van der Waals surface area (Å²) in [6.07, 6.45) is 0. The third-order valence-corrected chi connectivity index (χ3v) is 2.77. The number of likely N-dealkylation sites (N-methyl/N-ethyl adjacent to an activating group) is 1. The van der Waals surface area contributed by atoms with E-state index in [1.54, 1.807) is 0 Å². The molecule has 1 rings (SSSR count). The Kier molecular flexibility index (Phi) is 7.64. The van der Waals surface area contributed by atoms with Crippen molar-refractivity contribution in [3.05, 3.63) is 29.3 Å². The van der Waals surface area contributed by atoms with Gasteiger partial charge in [-0.3, -0.25) is 9.69 Å². The minimum atomic E-state index is 0. The van der Waals surface area contributed by atoms with Crippen LogP contribution in [-0.4, -0.2) is 30.4 Å². The molecule has 4 heteroatoms. The summed E-state index contributed by atoms with van der Waals surface area (Å²) in [7, 11) is 0. The van der Waals surface area contributed by atoms with Gasteiger partial charge in [-0.2, -0.15) is 0 Å². The lowest BCUT2D eigenvalue weighted by Crippen LogP contribution is -2.32. The normalized spacial score (nSPS) is 10.1. The van der Waals surface area contributed by atoms with E-state index in [9.17, 15) is 4.79 Å². The number of carbonyl (C=O) groups is 1. The Morgan fingerprint density at radius 1 is 1.11 bits per heavy atom. The third-order valence-electron chi connectivity index (χ3n) is 2.77. The Morgan fingerprint density at radius 2 is 1.61 bits per heavy atom. The van der Waals surface area contributed by atoms with Crippen molar-refractivity contribution < 1.29 is 4.79 Å². The van der Waals surface area contributed by atoms with E-state index < -0.39 is 0 Å². The van der Waals surface area contributed by atoms with Gasteiger partial charge < -0.3 is 5.32 Å². The Morgan fingerprint density at radius 3 is 2.06 bits per heavy atom. The van der Waals surface area contributed by atoms with Crippen molar-refractivity contribution in [3.63, 3.8) is 0 Å². The van der Waals surface area contributed by atoms with Crippen LogP contribution in [-0.2, 0) is 4.79 Å². The highest BCUT2D eigenvalue weighted by Gasteiger charge is 2.07. The van der Waals surface area contributed by atoms with Gasteiger partial charge >= 0.3 is 0 Å². The van der Waals surface area contributed by atoms with Crippen LogP contribution in [0, 0.1) is 13.8 Å². The Labute approximate surface area is 116 Å². The van der Waals surface area contributed by atoms with E-state index in [1.807, 2.05) is 26.0 Å². The molecule has 1 N–H and O–H groups in total. The number of benzene rings is 1. The lowest BCUT2D eigenvalue weighted by molar-refractivity contribution is -0.117. The summed E-state index contributed by atoms with van der Waals surface area (Å²) in [5.41, 5.74) is 3.23. The molecule has 0 atom stereocenters. The molecule has 0 aliphatic rings. The van der Waals surface area contributed by atoms with E-state index >= 15 is 0 Å². The quantitative estimate of drug-likeness (QED) is 0.892. The van der Waals surface area contributed by atoms with Gasteiger partial charge in [0.2, 0.25) is 5.91 Å². The van der Waals surface area contributed by atoms with Crippen molar-refractivity contribution in [1.29, 1.82) is 0 Å². The Balaban J connectivity index is 0.00000289. The van der Waals surface area contributed by atoms with Gasteiger partial charge in [0.05, 0.1) is 6.54 Å². The molecule has 0 radical (unpaired) electrons. The molecule has 0 bridgehead atoms. The van der Waals surface area contributed by atoms with Crippen LogP contribution < -0.4 is 5.32 Å². The predicted molar refractivity (Wildman–Crippen MR) is 79.6 cm³/mol. The average Bonchev–Trinajstić information content (AvgIpc) is 2.24. The molecule has 0 saturated heterocycles. The van der Waals surface area contributed by atoms with Crippen molar-refractivity contribution in [3.8, 4) is 0 Å². The van der Waals surface area contributed by atoms with Crippen LogP contribution in [0.15, 0.2) is 18.2 Å². The molecule has 1 aromatic rings. The Hall–Kier alpha value is -1.06. The molecule has 0 fully saturated rings. The summed E-state index contributed by atoms with van der Waals surface area (Å²) in [5, 5.41) is 2.94. The fraction of sp³-hybridized carbons (Fsp3) is 0.500.